The van der Waals surface area contributed by atoms with Crippen molar-refractivity contribution in [2.45, 2.75) is 70.8 Å². The first kappa shape index (κ1) is 27.6. The van der Waals surface area contributed by atoms with E-state index >= 15 is 0 Å². The molecule has 3 aliphatic rings. The Hall–Kier alpha value is -3.54. The van der Waals surface area contributed by atoms with E-state index in [0.717, 1.165) is 36.1 Å². The number of aromatic nitrogens is 4. The zero-order chi connectivity index (χ0) is 28.9. The first-order chi connectivity index (χ1) is 19.7. The normalized spacial score (nSPS) is 18.0. The minimum atomic E-state index is -4.55. The summed E-state index contributed by atoms with van der Waals surface area (Å²) in [4.78, 5) is 16.2. The molecular weight excluding hydrogens is 535 g/mol. The van der Waals surface area contributed by atoms with Gasteiger partial charge in [0, 0.05) is 74.5 Å². The zero-order valence-corrected chi connectivity index (χ0v) is 23.7. The Labute approximate surface area is 237 Å². The maximum Gasteiger partial charge on any atom is 0.417 e. The zero-order valence-electron chi connectivity index (χ0n) is 23.7. The van der Waals surface area contributed by atoms with Crippen molar-refractivity contribution in [3.63, 3.8) is 0 Å². The minimum Gasteiger partial charge on any atom is -0.381 e. The highest BCUT2D eigenvalue weighted by atomic mass is 19.4. The summed E-state index contributed by atoms with van der Waals surface area (Å²) in [5.41, 5.74) is 3.27. The van der Waals surface area contributed by atoms with Gasteiger partial charge in [0.15, 0.2) is 5.82 Å². The van der Waals surface area contributed by atoms with Crippen LogP contribution in [0, 0.1) is 0 Å². The van der Waals surface area contributed by atoms with Gasteiger partial charge in [-0.25, -0.2) is 4.79 Å². The van der Waals surface area contributed by atoms with Gasteiger partial charge in [0.25, 0.3) is 0 Å². The molecule has 0 spiro atoms. The van der Waals surface area contributed by atoms with Crippen molar-refractivity contribution in [1.82, 2.24) is 29.8 Å². The Morgan fingerprint density at radius 3 is 2.61 bits per heavy atom. The van der Waals surface area contributed by atoms with Gasteiger partial charge in [-0.1, -0.05) is 0 Å². The Morgan fingerprint density at radius 1 is 1.15 bits per heavy atom. The number of carbonyl (C=O) groups excluding carboxylic acids is 1. The van der Waals surface area contributed by atoms with E-state index < -0.39 is 11.7 Å². The highest BCUT2D eigenvalue weighted by Crippen LogP contribution is 2.45. The van der Waals surface area contributed by atoms with E-state index in [9.17, 15) is 18.0 Å². The Kier molecular flexibility index (Phi) is 7.21. The van der Waals surface area contributed by atoms with Crippen LogP contribution in [0.15, 0.2) is 24.5 Å². The predicted molar refractivity (Wildman–Crippen MR) is 148 cm³/mol. The number of hydrogen-bond acceptors (Lipinski definition) is 5. The van der Waals surface area contributed by atoms with Gasteiger partial charge in [-0.05, 0) is 62.8 Å². The van der Waals surface area contributed by atoms with Crippen LogP contribution in [0.25, 0.3) is 11.1 Å². The van der Waals surface area contributed by atoms with Crippen molar-refractivity contribution in [2.24, 2.45) is 0 Å². The Bertz CT molecular complexity index is 1440. The van der Waals surface area contributed by atoms with Crippen molar-refractivity contribution < 1.29 is 22.7 Å². The molecule has 2 amide bonds. The van der Waals surface area contributed by atoms with E-state index in [2.05, 4.69) is 15.1 Å². The number of fused-ring (bicyclic) bond motifs is 2. The van der Waals surface area contributed by atoms with E-state index in [0.29, 0.717) is 62.8 Å². The molecule has 5 heterocycles. The number of alkyl halides is 3. The molecule has 0 saturated carbocycles. The van der Waals surface area contributed by atoms with Crippen LogP contribution in [0.1, 0.15) is 67.6 Å². The SMILES string of the molecule is CNC(=O)N1CCc2c(c(N3CCCc4cc(-c5cnn(C(C)C)c5)c(C(F)(F)F)cc43)nn2C2CCOCC2)C1. The second-order valence-electron chi connectivity index (χ2n) is 11.3. The Morgan fingerprint density at radius 2 is 1.93 bits per heavy atom. The molecule has 6 rings (SSSR count). The quantitative estimate of drug-likeness (QED) is 0.449. The van der Waals surface area contributed by atoms with Crippen molar-refractivity contribution >= 4 is 17.5 Å². The molecule has 2 aromatic heterocycles. The van der Waals surface area contributed by atoms with Gasteiger partial charge in [0.05, 0.1) is 24.3 Å². The van der Waals surface area contributed by atoms with Gasteiger partial charge in [-0.15, -0.1) is 0 Å². The molecule has 1 fully saturated rings. The molecule has 0 atom stereocenters. The molecule has 0 unspecified atom stereocenters. The second kappa shape index (κ2) is 10.7. The van der Waals surface area contributed by atoms with Gasteiger partial charge in [-0.2, -0.15) is 23.4 Å². The largest absolute Gasteiger partial charge is 0.417 e. The molecule has 9 nitrogen and oxygen atoms in total. The lowest BCUT2D eigenvalue weighted by molar-refractivity contribution is -0.137. The smallest absolute Gasteiger partial charge is 0.381 e. The van der Waals surface area contributed by atoms with E-state index in [-0.39, 0.29) is 23.7 Å². The number of ether oxygens (including phenoxy) is 1. The van der Waals surface area contributed by atoms with Crippen molar-refractivity contribution in [3.8, 4) is 11.1 Å². The third-order valence-corrected chi connectivity index (χ3v) is 8.44. The van der Waals surface area contributed by atoms with Crippen LogP contribution in [0.2, 0.25) is 0 Å². The number of urea groups is 1. The number of nitrogens with zero attached hydrogens (tertiary/aromatic N) is 6. The molecule has 1 N–H and O–H groups in total. The minimum absolute atomic E-state index is 0.0394. The van der Waals surface area contributed by atoms with Gasteiger partial charge >= 0.3 is 12.2 Å². The maximum atomic E-state index is 14.6. The van der Waals surface area contributed by atoms with Crippen LogP contribution < -0.4 is 10.2 Å². The number of amides is 2. The number of anilines is 2. The average Bonchev–Trinajstić information content (AvgIpc) is 3.61. The molecule has 12 heteroatoms. The molecule has 41 heavy (non-hydrogen) atoms. The van der Waals surface area contributed by atoms with E-state index in [1.54, 1.807) is 28.9 Å². The molecule has 220 valence electrons. The van der Waals surface area contributed by atoms with Crippen molar-refractivity contribution in [1.29, 1.82) is 0 Å². The lowest BCUT2D eigenvalue weighted by Crippen LogP contribution is -2.42. The van der Waals surface area contributed by atoms with Gasteiger partial charge in [-0.3, -0.25) is 9.36 Å². The van der Waals surface area contributed by atoms with Crippen LogP contribution in [-0.4, -0.2) is 63.8 Å². The third kappa shape index (κ3) is 5.06. The van der Waals surface area contributed by atoms with E-state index in [1.165, 1.54) is 12.3 Å². The summed E-state index contributed by atoms with van der Waals surface area (Å²) in [6, 6.07) is 3.00. The summed E-state index contributed by atoms with van der Waals surface area (Å²) in [6.07, 6.45) is 2.39. The monoisotopic (exact) mass is 571 g/mol. The van der Waals surface area contributed by atoms with Gasteiger partial charge in [0.1, 0.15) is 0 Å². The number of nitrogens with one attached hydrogen (secondary N) is 1. The summed E-state index contributed by atoms with van der Waals surface area (Å²) < 4.78 is 53.0. The molecule has 3 aliphatic heterocycles. The number of benzene rings is 1. The van der Waals surface area contributed by atoms with Gasteiger partial charge in [0.2, 0.25) is 0 Å². The molecule has 0 radical (unpaired) electrons. The average molecular weight is 572 g/mol. The lowest BCUT2D eigenvalue weighted by atomic mass is 9.92. The molecular formula is C29H36F3N7O2. The fraction of sp³-hybridized carbons (Fsp3) is 0.552. The molecule has 1 saturated heterocycles. The third-order valence-electron chi connectivity index (χ3n) is 8.44. The topological polar surface area (TPSA) is 80.5 Å². The van der Waals surface area contributed by atoms with Crippen LogP contribution in [0.3, 0.4) is 0 Å². The summed E-state index contributed by atoms with van der Waals surface area (Å²) in [5, 5.41) is 12.1. The second-order valence-corrected chi connectivity index (χ2v) is 11.3. The Balaban J connectivity index is 1.47. The number of hydrogen-bond donors (Lipinski definition) is 1. The molecule has 3 aromatic rings. The van der Waals surface area contributed by atoms with Crippen molar-refractivity contribution in [3.05, 3.63) is 46.9 Å². The highest BCUT2D eigenvalue weighted by Gasteiger charge is 2.38. The van der Waals surface area contributed by atoms with Gasteiger partial charge < -0.3 is 19.9 Å². The molecule has 0 bridgehead atoms. The van der Waals surface area contributed by atoms with Crippen LogP contribution >= 0.6 is 0 Å². The summed E-state index contributed by atoms with van der Waals surface area (Å²) in [7, 11) is 1.60. The van der Waals surface area contributed by atoms with E-state index in [1.807, 2.05) is 18.7 Å². The van der Waals surface area contributed by atoms with Crippen LogP contribution in [0.4, 0.5) is 29.5 Å². The number of aryl methyl sites for hydroxylation is 1. The van der Waals surface area contributed by atoms with E-state index in [4.69, 9.17) is 9.84 Å². The number of rotatable bonds is 4. The lowest BCUT2D eigenvalue weighted by Gasteiger charge is -2.33. The fourth-order valence-electron chi connectivity index (χ4n) is 6.29. The first-order valence-electron chi connectivity index (χ1n) is 14.4. The fourth-order valence-corrected chi connectivity index (χ4v) is 6.29. The van der Waals surface area contributed by atoms with Crippen molar-refractivity contribution in [2.75, 3.05) is 38.3 Å². The highest BCUT2D eigenvalue weighted by molar-refractivity contribution is 5.78. The van der Waals surface area contributed by atoms with Crippen LogP contribution in [-0.2, 0) is 30.3 Å². The number of halogens is 3. The summed E-state index contributed by atoms with van der Waals surface area (Å²) in [5.74, 6) is 0.648. The predicted octanol–water partition coefficient (Wildman–Crippen LogP) is 5.48. The van der Waals surface area contributed by atoms with Crippen LogP contribution in [0.5, 0.6) is 0 Å². The summed E-state index contributed by atoms with van der Waals surface area (Å²) in [6.45, 7) is 6.65. The number of carbonyl (C=O) groups is 1. The summed E-state index contributed by atoms with van der Waals surface area (Å²) >= 11 is 0. The standard InChI is InChI=1S/C29H36F3N7O2/c1-18(2)38-16-20(15-34-38)22-13-19-5-4-9-37(26(19)14-24(22)29(30,31)32)27-23-17-36(28(40)33-3)10-6-25(23)39(35-27)21-7-11-41-12-8-21/h13-16,18,21H,4-12,17H2,1-3H3,(H,33,40). The maximum absolute atomic E-state index is 14.6. The molecule has 0 aliphatic carbocycles. The molecule has 1 aromatic carbocycles. The first-order valence-corrected chi connectivity index (χ1v) is 14.4.